The summed E-state index contributed by atoms with van der Waals surface area (Å²) in [7, 11) is 1.28. The van der Waals surface area contributed by atoms with Gasteiger partial charge in [0.15, 0.2) is 10.9 Å². The van der Waals surface area contributed by atoms with Crippen molar-refractivity contribution in [3.05, 3.63) is 28.6 Å². The van der Waals surface area contributed by atoms with E-state index in [1.54, 1.807) is 4.57 Å². The Kier molecular flexibility index (Phi) is 3.26. The number of hydrogen-bond acceptors (Lipinski definition) is 7. The molecule has 0 atom stereocenters. The van der Waals surface area contributed by atoms with Crippen LogP contribution in [0.1, 0.15) is 29.4 Å². The molecule has 0 bridgehead atoms. The Balaban J connectivity index is 1.88. The van der Waals surface area contributed by atoms with Crippen molar-refractivity contribution < 1.29 is 9.53 Å². The van der Waals surface area contributed by atoms with E-state index in [9.17, 15) is 9.59 Å². The molecule has 9 heteroatoms. The van der Waals surface area contributed by atoms with Crippen LogP contribution in [0.25, 0.3) is 0 Å². The standard InChI is InChI=1S/C11H11N5O3S/c1-19-9(17)7-4-12-5-8(13-7)20-11-15-14-10(18)16(11)6-2-3-6/h4-6H,2-3H2,1H3,(H,14,18). The first-order valence-electron chi connectivity index (χ1n) is 5.94. The highest BCUT2D eigenvalue weighted by Gasteiger charge is 2.29. The lowest BCUT2D eigenvalue weighted by Gasteiger charge is -2.03. The van der Waals surface area contributed by atoms with Crippen molar-refractivity contribution in [1.29, 1.82) is 0 Å². The Morgan fingerprint density at radius 2 is 2.30 bits per heavy atom. The van der Waals surface area contributed by atoms with Gasteiger partial charge in [0.2, 0.25) is 0 Å². The molecule has 0 amide bonds. The van der Waals surface area contributed by atoms with E-state index in [2.05, 4.69) is 24.9 Å². The molecule has 8 nitrogen and oxygen atoms in total. The number of esters is 1. The fraction of sp³-hybridized carbons (Fsp3) is 0.364. The van der Waals surface area contributed by atoms with Gasteiger partial charge in [0.25, 0.3) is 0 Å². The van der Waals surface area contributed by atoms with E-state index in [1.807, 2.05) is 0 Å². The molecule has 1 fully saturated rings. The Morgan fingerprint density at radius 3 is 3.00 bits per heavy atom. The number of aromatic amines is 1. The van der Waals surface area contributed by atoms with Gasteiger partial charge in [-0.1, -0.05) is 0 Å². The number of aromatic nitrogens is 5. The number of carbonyl (C=O) groups excluding carboxylic acids is 1. The minimum atomic E-state index is -0.554. The number of nitrogens with one attached hydrogen (secondary N) is 1. The third kappa shape index (κ3) is 2.44. The van der Waals surface area contributed by atoms with Gasteiger partial charge in [-0.25, -0.2) is 19.7 Å². The highest BCUT2D eigenvalue weighted by Crippen LogP contribution is 2.37. The molecular weight excluding hydrogens is 282 g/mol. The smallest absolute Gasteiger partial charge is 0.358 e. The van der Waals surface area contributed by atoms with E-state index in [4.69, 9.17) is 0 Å². The molecule has 2 heterocycles. The second kappa shape index (κ2) is 5.08. The van der Waals surface area contributed by atoms with Gasteiger partial charge < -0.3 is 4.74 Å². The number of rotatable bonds is 4. The molecule has 0 aliphatic heterocycles. The van der Waals surface area contributed by atoms with E-state index in [1.165, 1.54) is 31.3 Å². The van der Waals surface area contributed by atoms with Crippen molar-refractivity contribution in [3.63, 3.8) is 0 Å². The number of carbonyl (C=O) groups is 1. The molecule has 2 aromatic rings. The second-order valence-electron chi connectivity index (χ2n) is 4.25. The van der Waals surface area contributed by atoms with E-state index in [0.717, 1.165) is 12.8 Å². The number of H-pyrrole nitrogens is 1. The summed E-state index contributed by atoms with van der Waals surface area (Å²) in [6.07, 6.45) is 4.78. The number of hydrogen-bond donors (Lipinski definition) is 1. The van der Waals surface area contributed by atoms with Gasteiger partial charge >= 0.3 is 11.7 Å². The fourth-order valence-corrected chi connectivity index (χ4v) is 2.58. The maximum atomic E-state index is 11.7. The normalized spacial score (nSPS) is 14.2. The molecule has 104 valence electrons. The number of ether oxygens (including phenoxy) is 1. The average Bonchev–Trinajstić information content (AvgIpc) is 3.23. The van der Waals surface area contributed by atoms with Crippen molar-refractivity contribution in [2.75, 3.05) is 7.11 Å². The molecule has 0 aromatic carbocycles. The highest BCUT2D eigenvalue weighted by molar-refractivity contribution is 7.99. The van der Waals surface area contributed by atoms with Gasteiger partial charge in [0.1, 0.15) is 5.03 Å². The van der Waals surface area contributed by atoms with Crippen LogP contribution in [0, 0.1) is 0 Å². The van der Waals surface area contributed by atoms with Crippen LogP contribution in [0.5, 0.6) is 0 Å². The lowest BCUT2D eigenvalue weighted by molar-refractivity contribution is 0.0592. The van der Waals surface area contributed by atoms with Crippen LogP contribution in [0.3, 0.4) is 0 Å². The van der Waals surface area contributed by atoms with E-state index in [0.29, 0.717) is 10.2 Å². The monoisotopic (exact) mass is 293 g/mol. The Bertz CT molecular complexity index is 706. The molecule has 0 unspecified atom stereocenters. The quantitative estimate of drug-likeness (QED) is 0.825. The third-order valence-electron chi connectivity index (χ3n) is 2.79. The molecule has 20 heavy (non-hydrogen) atoms. The predicted octanol–water partition coefficient (Wildman–Crippen LogP) is 0.634. The van der Waals surface area contributed by atoms with Gasteiger partial charge in [-0.15, -0.1) is 5.10 Å². The van der Waals surface area contributed by atoms with Gasteiger partial charge in [0.05, 0.1) is 19.5 Å². The lowest BCUT2D eigenvalue weighted by Crippen LogP contribution is -2.16. The van der Waals surface area contributed by atoms with Gasteiger partial charge in [-0.3, -0.25) is 9.55 Å². The molecule has 2 aromatic heterocycles. The molecule has 1 aliphatic rings. The van der Waals surface area contributed by atoms with E-state index < -0.39 is 5.97 Å². The van der Waals surface area contributed by atoms with Crippen molar-refractivity contribution >= 4 is 17.7 Å². The molecule has 0 saturated heterocycles. The van der Waals surface area contributed by atoms with E-state index >= 15 is 0 Å². The van der Waals surface area contributed by atoms with Crippen molar-refractivity contribution in [1.82, 2.24) is 24.7 Å². The molecule has 1 aliphatic carbocycles. The SMILES string of the molecule is COC(=O)c1cncc(Sc2n[nH]c(=O)n2C2CC2)n1. The van der Waals surface area contributed by atoms with Gasteiger partial charge in [-0.05, 0) is 24.6 Å². The molecule has 3 rings (SSSR count). The van der Waals surface area contributed by atoms with Crippen LogP contribution >= 0.6 is 11.8 Å². The summed E-state index contributed by atoms with van der Waals surface area (Å²) in [5.41, 5.74) is -0.111. The van der Waals surface area contributed by atoms with Crippen LogP contribution in [0.15, 0.2) is 27.4 Å². The summed E-state index contributed by atoms with van der Waals surface area (Å²) in [6, 6.07) is 0.209. The molecule has 1 N–H and O–H groups in total. The molecule has 0 radical (unpaired) electrons. The first-order valence-corrected chi connectivity index (χ1v) is 6.76. The summed E-state index contributed by atoms with van der Waals surface area (Å²) in [5, 5.41) is 7.40. The van der Waals surface area contributed by atoms with Crippen molar-refractivity contribution in [2.24, 2.45) is 0 Å². The lowest BCUT2D eigenvalue weighted by atomic mass is 10.5. The van der Waals surface area contributed by atoms with Gasteiger partial charge in [-0.2, -0.15) is 0 Å². The van der Waals surface area contributed by atoms with E-state index in [-0.39, 0.29) is 17.4 Å². The fourth-order valence-electron chi connectivity index (χ4n) is 1.71. The van der Waals surface area contributed by atoms with Crippen LogP contribution < -0.4 is 5.69 Å². The maximum absolute atomic E-state index is 11.7. The first kappa shape index (κ1) is 12.9. The van der Waals surface area contributed by atoms with Crippen molar-refractivity contribution in [3.8, 4) is 0 Å². The van der Waals surface area contributed by atoms with Crippen molar-refractivity contribution in [2.45, 2.75) is 29.1 Å². The van der Waals surface area contributed by atoms with Gasteiger partial charge in [0, 0.05) is 6.04 Å². The minimum absolute atomic E-state index is 0.119. The molecular formula is C11H11N5O3S. The summed E-state index contributed by atoms with van der Waals surface area (Å²) >= 11 is 1.18. The zero-order chi connectivity index (χ0) is 14.1. The predicted molar refractivity (Wildman–Crippen MR) is 68.6 cm³/mol. The Labute approximate surface area is 117 Å². The number of methoxy groups -OCH3 is 1. The summed E-state index contributed by atoms with van der Waals surface area (Å²) < 4.78 is 6.20. The van der Waals surface area contributed by atoms with Crippen LogP contribution in [-0.4, -0.2) is 37.8 Å². The third-order valence-corrected chi connectivity index (χ3v) is 3.66. The largest absolute Gasteiger partial charge is 0.464 e. The molecule has 1 saturated carbocycles. The topological polar surface area (TPSA) is 103 Å². The summed E-state index contributed by atoms with van der Waals surface area (Å²) in [4.78, 5) is 31.1. The Hall–Kier alpha value is -2.16. The summed E-state index contributed by atoms with van der Waals surface area (Å²) in [5.74, 6) is -0.554. The minimum Gasteiger partial charge on any atom is -0.464 e. The zero-order valence-corrected chi connectivity index (χ0v) is 11.4. The molecule has 0 spiro atoms. The average molecular weight is 293 g/mol. The Morgan fingerprint density at radius 1 is 1.50 bits per heavy atom. The number of nitrogens with zero attached hydrogens (tertiary/aromatic N) is 4. The first-order chi connectivity index (χ1) is 9.69. The van der Waals surface area contributed by atoms with Crippen LogP contribution in [0.2, 0.25) is 0 Å². The highest BCUT2D eigenvalue weighted by atomic mass is 32.2. The van der Waals surface area contributed by atoms with Crippen LogP contribution in [0.4, 0.5) is 0 Å². The van der Waals surface area contributed by atoms with Crippen LogP contribution in [-0.2, 0) is 4.74 Å². The summed E-state index contributed by atoms with van der Waals surface area (Å²) in [6.45, 7) is 0. The maximum Gasteiger partial charge on any atom is 0.358 e. The zero-order valence-electron chi connectivity index (χ0n) is 10.6. The second-order valence-corrected chi connectivity index (χ2v) is 5.24.